The second-order valence-corrected chi connectivity index (χ2v) is 5.90. The van der Waals surface area contributed by atoms with Crippen molar-refractivity contribution in [3.63, 3.8) is 0 Å². The van der Waals surface area contributed by atoms with Crippen LogP contribution in [-0.2, 0) is 10.0 Å². The molecule has 2 heterocycles. The van der Waals surface area contributed by atoms with Crippen LogP contribution >= 0.6 is 0 Å². The average Bonchev–Trinajstić information content (AvgIpc) is 2.70. The summed E-state index contributed by atoms with van der Waals surface area (Å²) in [6.07, 6.45) is 6.51. The lowest BCUT2D eigenvalue weighted by Gasteiger charge is -2.23. The first-order valence-corrected chi connectivity index (χ1v) is 7.18. The van der Waals surface area contributed by atoms with Gasteiger partial charge in [0.1, 0.15) is 0 Å². The third kappa shape index (κ3) is 3.24. The highest BCUT2D eigenvalue weighted by atomic mass is 32.2. The molecule has 3 N–H and O–H groups in total. The summed E-state index contributed by atoms with van der Waals surface area (Å²) in [5.41, 5.74) is 0.593. The zero-order chi connectivity index (χ0) is 11.4. The molecule has 0 aliphatic carbocycles. The van der Waals surface area contributed by atoms with Gasteiger partial charge in [0.15, 0.2) is 0 Å². The molecule has 2 rings (SSSR count). The maximum Gasteiger partial charge on any atom is 0.234 e. The van der Waals surface area contributed by atoms with Gasteiger partial charge in [0, 0.05) is 18.4 Å². The number of hydrogen-bond donors (Lipinski definition) is 3. The normalized spacial score (nSPS) is 21.9. The van der Waals surface area contributed by atoms with Gasteiger partial charge in [-0.05, 0) is 25.5 Å². The van der Waals surface area contributed by atoms with E-state index in [-0.39, 0.29) is 11.8 Å². The van der Waals surface area contributed by atoms with Crippen molar-refractivity contribution in [2.24, 2.45) is 0 Å². The highest BCUT2D eigenvalue weighted by Gasteiger charge is 2.20. The molecule has 1 aliphatic rings. The van der Waals surface area contributed by atoms with Gasteiger partial charge in [-0.1, -0.05) is 6.42 Å². The molecule has 5 nitrogen and oxygen atoms in total. The minimum Gasteiger partial charge on any atom is -0.366 e. The smallest absolute Gasteiger partial charge is 0.234 e. The van der Waals surface area contributed by atoms with E-state index in [9.17, 15) is 8.42 Å². The molecule has 1 aliphatic heterocycles. The molecule has 6 heteroatoms. The first-order chi connectivity index (χ1) is 7.66. The van der Waals surface area contributed by atoms with Gasteiger partial charge in [0.05, 0.1) is 11.4 Å². The quantitative estimate of drug-likeness (QED) is 0.735. The molecule has 0 saturated carbocycles. The van der Waals surface area contributed by atoms with Crippen molar-refractivity contribution in [1.82, 2.24) is 10.3 Å². The SMILES string of the molecule is O=S(=O)(CC1CCCCN1)Nc1cc[nH]c1. The lowest BCUT2D eigenvalue weighted by atomic mass is 10.1. The van der Waals surface area contributed by atoms with Crippen molar-refractivity contribution in [1.29, 1.82) is 0 Å². The third-order valence-electron chi connectivity index (χ3n) is 2.70. The molecular weight excluding hydrogens is 226 g/mol. The van der Waals surface area contributed by atoms with Gasteiger partial charge in [-0.2, -0.15) is 0 Å². The molecule has 0 amide bonds. The molecule has 1 fully saturated rings. The molecule has 1 aromatic heterocycles. The molecule has 0 radical (unpaired) electrons. The summed E-state index contributed by atoms with van der Waals surface area (Å²) in [5.74, 6) is 0.151. The number of aromatic nitrogens is 1. The number of sulfonamides is 1. The summed E-state index contributed by atoms with van der Waals surface area (Å²) in [6, 6.07) is 1.79. The zero-order valence-corrected chi connectivity index (χ0v) is 9.89. The van der Waals surface area contributed by atoms with E-state index in [1.807, 2.05) is 0 Å². The Kier molecular flexibility index (Phi) is 3.50. The number of nitrogens with one attached hydrogen (secondary N) is 3. The second-order valence-electron chi connectivity index (χ2n) is 4.13. The van der Waals surface area contributed by atoms with Crippen LogP contribution in [0.25, 0.3) is 0 Å². The Balaban J connectivity index is 1.92. The van der Waals surface area contributed by atoms with Gasteiger partial charge < -0.3 is 10.3 Å². The van der Waals surface area contributed by atoms with E-state index >= 15 is 0 Å². The van der Waals surface area contributed by atoms with Crippen molar-refractivity contribution in [3.05, 3.63) is 18.5 Å². The van der Waals surface area contributed by atoms with E-state index in [0.717, 1.165) is 25.8 Å². The van der Waals surface area contributed by atoms with Crippen molar-refractivity contribution in [2.75, 3.05) is 17.0 Å². The van der Waals surface area contributed by atoms with Crippen LogP contribution in [0.2, 0.25) is 0 Å². The monoisotopic (exact) mass is 243 g/mol. The Morgan fingerprint density at radius 2 is 2.31 bits per heavy atom. The first kappa shape index (κ1) is 11.5. The summed E-state index contributed by atoms with van der Waals surface area (Å²) in [6.45, 7) is 0.921. The van der Waals surface area contributed by atoms with Crippen molar-refractivity contribution in [2.45, 2.75) is 25.3 Å². The number of anilines is 1. The standard InChI is InChI=1S/C10H17N3O2S/c14-16(15,13-9-4-6-11-7-9)8-10-3-1-2-5-12-10/h4,6-7,10-13H,1-3,5,8H2. The zero-order valence-electron chi connectivity index (χ0n) is 9.07. The largest absolute Gasteiger partial charge is 0.366 e. The van der Waals surface area contributed by atoms with Gasteiger partial charge in [-0.25, -0.2) is 8.42 Å². The lowest BCUT2D eigenvalue weighted by molar-refractivity contribution is 0.424. The summed E-state index contributed by atoms with van der Waals surface area (Å²) >= 11 is 0. The van der Waals surface area contributed by atoms with Gasteiger partial charge in [0.25, 0.3) is 0 Å². The van der Waals surface area contributed by atoms with E-state index in [0.29, 0.717) is 5.69 Å². The van der Waals surface area contributed by atoms with Crippen LogP contribution in [0.15, 0.2) is 18.5 Å². The Bertz CT molecular complexity index is 407. The number of hydrogen-bond acceptors (Lipinski definition) is 3. The van der Waals surface area contributed by atoms with Crippen LogP contribution in [0, 0.1) is 0 Å². The molecule has 1 atom stereocenters. The summed E-state index contributed by atoms with van der Waals surface area (Å²) in [4.78, 5) is 2.81. The average molecular weight is 243 g/mol. The molecule has 90 valence electrons. The predicted molar refractivity (Wildman–Crippen MR) is 63.8 cm³/mol. The van der Waals surface area contributed by atoms with Crippen LogP contribution in [0.1, 0.15) is 19.3 Å². The summed E-state index contributed by atoms with van der Waals surface area (Å²) in [7, 11) is -3.24. The van der Waals surface area contributed by atoms with Crippen LogP contribution in [0.4, 0.5) is 5.69 Å². The van der Waals surface area contributed by atoms with Gasteiger partial charge in [-0.3, -0.25) is 4.72 Å². The predicted octanol–water partition coefficient (Wildman–Crippen LogP) is 0.898. The second kappa shape index (κ2) is 4.88. The summed E-state index contributed by atoms with van der Waals surface area (Å²) < 4.78 is 26.1. The van der Waals surface area contributed by atoms with Gasteiger partial charge >= 0.3 is 0 Å². The molecule has 16 heavy (non-hydrogen) atoms. The molecule has 1 aromatic rings. The van der Waals surface area contributed by atoms with Crippen LogP contribution in [0.5, 0.6) is 0 Å². The molecule has 0 spiro atoms. The highest BCUT2D eigenvalue weighted by Crippen LogP contribution is 2.12. The van der Waals surface area contributed by atoms with E-state index in [1.54, 1.807) is 18.5 Å². The lowest BCUT2D eigenvalue weighted by Crippen LogP contribution is -2.40. The number of rotatable bonds is 4. The Hall–Kier alpha value is -1.01. The van der Waals surface area contributed by atoms with E-state index < -0.39 is 10.0 Å². The molecular formula is C10H17N3O2S. The fourth-order valence-electron chi connectivity index (χ4n) is 1.94. The fraction of sp³-hybridized carbons (Fsp3) is 0.600. The van der Waals surface area contributed by atoms with E-state index in [4.69, 9.17) is 0 Å². The van der Waals surface area contributed by atoms with E-state index in [1.165, 1.54) is 0 Å². The Morgan fingerprint density at radius 3 is 2.94 bits per heavy atom. The third-order valence-corrected chi connectivity index (χ3v) is 4.09. The van der Waals surface area contributed by atoms with Crippen LogP contribution in [0.3, 0.4) is 0 Å². The van der Waals surface area contributed by atoms with Crippen molar-refractivity contribution < 1.29 is 8.42 Å². The Morgan fingerprint density at radius 1 is 1.44 bits per heavy atom. The minimum atomic E-state index is -3.24. The topological polar surface area (TPSA) is 74.0 Å². The van der Waals surface area contributed by atoms with Gasteiger partial charge in [0.2, 0.25) is 10.0 Å². The molecule has 0 aromatic carbocycles. The van der Waals surface area contributed by atoms with Crippen molar-refractivity contribution >= 4 is 15.7 Å². The van der Waals surface area contributed by atoms with E-state index in [2.05, 4.69) is 15.0 Å². The fourth-order valence-corrected chi connectivity index (χ4v) is 3.32. The first-order valence-electron chi connectivity index (χ1n) is 5.52. The molecule has 0 bridgehead atoms. The van der Waals surface area contributed by atoms with Crippen LogP contribution < -0.4 is 10.0 Å². The number of piperidine rings is 1. The molecule has 1 unspecified atom stereocenters. The molecule has 1 saturated heterocycles. The number of H-pyrrole nitrogens is 1. The van der Waals surface area contributed by atoms with Crippen molar-refractivity contribution in [3.8, 4) is 0 Å². The Labute approximate surface area is 95.7 Å². The maximum atomic E-state index is 11.8. The minimum absolute atomic E-state index is 0.0881. The maximum absolute atomic E-state index is 11.8. The van der Waals surface area contributed by atoms with Crippen LogP contribution in [-0.4, -0.2) is 31.7 Å². The number of aromatic amines is 1. The van der Waals surface area contributed by atoms with Gasteiger partial charge in [-0.15, -0.1) is 0 Å². The highest BCUT2D eigenvalue weighted by molar-refractivity contribution is 7.92. The summed E-state index contributed by atoms with van der Waals surface area (Å²) in [5, 5.41) is 3.23.